The van der Waals surface area contributed by atoms with Gasteiger partial charge in [-0.2, -0.15) is 0 Å². The summed E-state index contributed by atoms with van der Waals surface area (Å²) in [5.41, 5.74) is 6.69. The lowest BCUT2D eigenvalue weighted by Crippen LogP contribution is -2.27. The third-order valence-corrected chi connectivity index (χ3v) is 3.16. The molecule has 5 heteroatoms. The van der Waals surface area contributed by atoms with E-state index in [9.17, 15) is 4.39 Å². The van der Waals surface area contributed by atoms with Crippen LogP contribution in [-0.2, 0) is 9.47 Å². The van der Waals surface area contributed by atoms with Crippen LogP contribution < -0.4 is 10.6 Å². The van der Waals surface area contributed by atoms with Crippen LogP contribution in [0.4, 0.5) is 15.8 Å². The van der Waals surface area contributed by atoms with Crippen LogP contribution in [-0.4, -0.2) is 39.5 Å². The number of benzene rings is 1. The van der Waals surface area contributed by atoms with Crippen molar-refractivity contribution in [2.45, 2.75) is 12.2 Å². The molecule has 1 saturated heterocycles. The summed E-state index contributed by atoms with van der Waals surface area (Å²) in [6.45, 7) is 1.17. The van der Waals surface area contributed by atoms with Crippen molar-refractivity contribution in [3.8, 4) is 0 Å². The molecule has 1 aliphatic rings. The predicted octanol–water partition coefficient (Wildman–Crippen LogP) is 1.26. The Hall–Kier alpha value is -1.33. The van der Waals surface area contributed by atoms with Gasteiger partial charge < -0.3 is 20.1 Å². The number of hydrogen-bond acceptors (Lipinski definition) is 4. The number of nitrogens with two attached hydrogens (primary N) is 1. The summed E-state index contributed by atoms with van der Waals surface area (Å²) in [6.07, 6.45) is -0.113. The van der Waals surface area contributed by atoms with Gasteiger partial charge in [-0.05, 0) is 12.1 Å². The van der Waals surface area contributed by atoms with Crippen molar-refractivity contribution in [1.82, 2.24) is 0 Å². The molecule has 1 fully saturated rings. The highest BCUT2D eigenvalue weighted by Gasteiger charge is 2.34. The number of hydrogen-bond donors (Lipinski definition) is 1. The molecule has 0 aliphatic carbocycles. The van der Waals surface area contributed by atoms with Crippen LogP contribution in [0.3, 0.4) is 0 Å². The van der Waals surface area contributed by atoms with Gasteiger partial charge in [0.05, 0.1) is 11.4 Å². The molecule has 1 heterocycles. The molecule has 2 rings (SSSR count). The van der Waals surface area contributed by atoms with Crippen molar-refractivity contribution in [1.29, 1.82) is 0 Å². The average molecular weight is 240 g/mol. The minimum absolute atomic E-state index is 0.0565. The van der Waals surface area contributed by atoms with Gasteiger partial charge >= 0.3 is 0 Å². The molecule has 1 aliphatic heterocycles. The van der Waals surface area contributed by atoms with Crippen molar-refractivity contribution in [3.05, 3.63) is 24.0 Å². The summed E-state index contributed by atoms with van der Waals surface area (Å²) in [5, 5.41) is 0. The minimum Gasteiger partial charge on any atom is -0.397 e. The van der Waals surface area contributed by atoms with Crippen molar-refractivity contribution in [2.75, 3.05) is 37.9 Å². The van der Waals surface area contributed by atoms with Crippen LogP contribution in [0.25, 0.3) is 0 Å². The zero-order valence-electron chi connectivity index (χ0n) is 10.0. The summed E-state index contributed by atoms with van der Waals surface area (Å²) in [4.78, 5) is 1.87. The van der Waals surface area contributed by atoms with Gasteiger partial charge in [0, 0.05) is 27.3 Å². The van der Waals surface area contributed by atoms with E-state index in [2.05, 4.69) is 0 Å². The second-order valence-electron chi connectivity index (χ2n) is 4.13. The van der Waals surface area contributed by atoms with E-state index in [1.165, 1.54) is 6.07 Å². The van der Waals surface area contributed by atoms with E-state index in [-0.39, 0.29) is 18.0 Å². The van der Waals surface area contributed by atoms with Gasteiger partial charge in [0.15, 0.2) is 0 Å². The zero-order valence-corrected chi connectivity index (χ0v) is 10.0. The zero-order chi connectivity index (χ0) is 12.4. The Morgan fingerprint density at radius 3 is 2.29 bits per heavy atom. The summed E-state index contributed by atoms with van der Waals surface area (Å²) in [6, 6.07) is 4.71. The Balaban J connectivity index is 2.25. The third-order valence-electron chi connectivity index (χ3n) is 3.16. The quantitative estimate of drug-likeness (QED) is 0.808. The Labute approximate surface area is 100 Å². The molecule has 2 unspecified atom stereocenters. The molecule has 0 amide bonds. The van der Waals surface area contributed by atoms with Crippen LogP contribution >= 0.6 is 0 Å². The van der Waals surface area contributed by atoms with Crippen LogP contribution in [0.15, 0.2) is 18.2 Å². The molecular weight excluding hydrogens is 223 g/mol. The fourth-order valence-corrected chi connectivity index (χ4v) is 2.24. The number of ether oxygens (including phenoxy) is 2. The lowest BCUT2D eigenvalue weighted by Gasteiger charge is -2.20. The van der Waals surface area contributed by atoms with Crippen molar-refractivity contribution in [2.24, 2.45) is 0 Å². The van der Waals surface area contributed by atoms with Crippen molar-refractivity contribution in [3.63, 3.8) is 0 Å². The van der Waals surface area contributed by atoms with E-state index >= 15 is 0 Å². The molecular formula is C12H17FN2O2. The number of anilines is 2. The smallest absolute Gasteiger partial charge is 0.148 e. The van der Waals surface area contributed by atoms with E-state index in [4.69, 9.17) is 15.2 Å². The second kappa shape index (κ2) is 4.89. The first-order chi connectivity index (χ1) is 8.17. The molecule has 94 valence electrons. The fourth-order valence-electron chi connectivity index (χ4n) is 2.24. The Morgan fingerprint density at radius 1 is 1.24 bits per heavy atom. The number of nitrogens with zero attached hydrogens (tertiary/aromatic N) is 1. The maximum atomic E-state index is 13.8. The normalized spacial score (nSPS) is 24.3. The van der Waals surface area contributed by atoms with Gasteiger partial charge in [0.2, 0.25) is 0 Å². The molecule has 1 aromatic rings. The van der Waals surface area contributed by atoms with E-state index in [0.29, 0.717) is 24.5 Å². The van der Waals surface area contributed by atoms with Gasteiger partial charge in [-0.3, -0.25) is 0 Å². The van der Waals surface area contributed by atoms with E-state index < -0.39 is 0 Å². The fraction of sp³-hybridized carbons (Fsp3) is 0.500. The van der Waals surface area contributed by atoms with Crippen molar-refractivity contribution < 1.29 is 13.9 Å². The van der Waals surface area contributed by atoms with E-state index in [1.807, 2.05) is 4.90 Å². The molecule has 1 aromatic carbocycles. The van der Waals surface area contributed by atoms with E-state index in [0.717, 1.165) is 0 Å². The highest BCUT2D eigenvalue weighted by molar-refractivity contribution is 5.68. The predicted molar refractivity (Wildman–Crippen MR) is 64.6 cm³/mol. The van der Waals surface area contributed by atoms with Crippen LogP contribution in [0, 0.1) is 5.82 Å². The van der Waals surface area contributed by atoms with E-state index in [1.54, 1.807) is 26.4 Å². The van der Waals surface area contributed by atoms with Crippen LogP contribution in [0.1, 0.15) is 0 Å². The van der Waals surface area contributed by atoms with Gasteiger partial charge in [0.25, 0.3) is 0 Å². The first-order valence-corrected chi connectivity index (χ1v) is 5.52. The number of nitrogen functional groups attached to an aromatic ring is 1. The summed E-state index contributed by atoms with van der Waals surface area (Å²) >= 11 is 0. The van der Waals surface area contributed by atoms with Gasteiger partial charge in [-0.15, -0.1) is 0 Å². The molecule has 17 heavy (non-hydrogen) atoms. The minimum atomic E-state index is -0.309. The number of rotatable bonds is 3. The summed E-state index contributed by atoms with van der Waals surface area (Å²) in [5.74, 6) is -0.309. The molecule has 0 spiro atoms. The topological polar surface area (TPSA) is 47.7 Å². The Kier molecular flexibility index (Phi) is 3.49. The van der Waals surface area contributed by atoms with Gasteiger partial charge in [-0.1, -0.05) is 6.07 Å². The molecule has 0 bridgehead atoms. The third kappa shape index (κ3) is 2.21. The van der Waals surface area contributed by atoms with Crippen LogP contribution in [0.2, 0.25) is 0 Å². The van der Waals surface area contributed by atoms with Gasteiger partial charge in [0.1, 0.15) is 18.0 Å². The molecule has 0 saturated carbocycles. The number of para-hydroxylation sites is 1. The highest BCUT2D eigenvalue weighted by atomic mass is 19.1. The first-order valence-electron chi connectivity index (χ1n) is 5.52. The summed E-state index contributed by atoms with van der Waals surface area (Å²) in [7, 11) is 3.26. The second-order valence-corrected chi connectivity index (χ2v) is 4.13. The van der Waals surface area contributed by atoms with Crippen molar-refractivity contribution >= 4 is 11.4 Å². The molecule has 4 nitrogen and oxygen atoms in total. The lowest BCUT2D eigenvalue weighted by atomic mass is 10.2. The number of halogens is 1. The molecule has 0 aromatic heterocycles. The first kappa shape index (κ1) is 12.1. The lowest BCUT2D eigenvalue weighted by molar-refractivity contribution is -0.00461. The molecule has 2 atom stereocenters. The summed E-state index contributed by atoms with van der Waals surface area (Å²) < 4.78 is 24.4. The van der Waals surface area contributed by atoms with Crippen LogP contribution in [0.5, 0.6) is 0 Å². The molecule has 2 N–H and O–H groups in total. The largest absolute Gasteiger partial charge is 0.397 e. The molecule has 0 radical (unpaired) electrons. The average Bonchev–Trinajstić information content (AvgIpc) is 2.72. The standard InChI is InChI=1S/C12H17FN2O2/c1-16-10-6-15(7-11(10)17-2)12-8(13)4-3-5-9(12)14/h3-5,10-11H,6-7,14H2,1-2H3. The SMILES string of the molecule is COC1CN(c2c(N)cccc2F)CC1OC. The Morgan fingerprint density at radius 2 is 1.82 bits per heavy atom. The maximum absolute atomic E-state index is 13.8. The maximum Gasteiger partial charge on any atom is 0.148 e. The van der Waals surface area contributed by atoms with Gasteiger partial charge in [-0.25, -0.2) is 4.39 Å². The highest BCUT2D eigenvalue weighted by Crippen LogP contribution is 2.30. The number of methoxy groups -OCH3 is 2. The Bertz CT molecular complexity index is 368. The monoisotopic (exact) mass is 240 g/mol.